The molecule has 0 saturated carbocycles. The van der Waals surface area contributed by atoms with Crippen molar-refractivity contribution in [2.24, 2.45) is 0 Å². The summed E-state index contributed by atoms with van der Waals surface area (Å²) < 4.78 is 6.23. The first-order chi connectivity index (χ1) is 12.6. The Labute approximate surface area is 174 Å². The third-order valence-corrected chi connectivity index (χ3v) is 7.67. The third kappa shape index (κ3) is 4.07. The standard InChI is InChI=1S/C19H25N3O2S2.ClH/c1-13-15(25-12-21-13)3-9-22(2)18(23)17-11-14-16(26-17)4-10-24-19(14)5-7-20-8-6-19;/h11-12,20H,3-10H2,1-2H3;1H. The molecule has 0 aromatic carbocycles. The molecule has 8 heteroatoms. The summed E-state index contributed by atoms with van der Waals surface area (Å²) in [6.07, 6.45) is 3.77. The highest BCUT2D eigenvalue weighted by Gasteiger charge is 2.40. The van der Waals surface area contributed by atoms with Crippen LogP contribution in [0.3, 0.4) is 0 Å². The molecule has 0 radical (unpaired) electrons. The number of halogens is 1. The number of rotatable bonds is 4. The van der Waals surface area contributed by atoms with Gasteiger partial charge >= 0.3 is 0 Å². The van der Waals surface area contributed by atoms with E-state index < -0.39 is 0 Å². The van der Waals surface area contributed by atoms with Gasteiger partial charge in [0, 0.05) is 36.2 Å². The molecule has 1 saturated heterocycles. The number of thiazole rings is 1. The van der Waals surface area contributed by atoms with Gasteiger partial charge in [-0.25, -0.2) is 4.98 Å². The van der Waals surface area contributed by atoms with Crippen LogP contribution in [0.25, 0.3) is 0 Å². The summed E-state index contributed by atoms with van der Waals surface area (Å²) in [5.41, 5.74) is 4.04. The third-order valence-electron chi connectivity index (χ3n) is 5.50. The van der Waals surface area contributed by atoms with E-state index in [9.17, 15) is 4.79 Å². The molecule has 2 aliphatic rings. The number of nitrogens with one attached hydrogen (secondary N) is 1. The number of thiophene rings is 1. The summed E-state index contributed by atoms with van der Waals surface area (Å²) in [6, 6.07) is 2.11. The van der Waals surface area contributed by atoms with Crippen molar-refractivity contribution in [2.75, 3.05) is 33.3 Å². The van der Waals surface area contributed by atoms with Gasteiger partial charge in [-0.05, 0) is 44.5 Å². The van der Waals surface area contributed by atoms with Gasteiger partial charge in [-0.15, -0.1) is 35.1 Å². The van der Waals surface area contributed by atoms with Crippen molar-refractivity contribution in [3.05, 3.63) is 37.5 Å². The van der Waals surface area contributed by atoms with Crippen molar-refractivity contribution in [1.82, 2.24) is 15.2 Å². The largest absolute Gasteiger partial charge is 0.370 e. The van der Waals surface area contributed by atoms with Crippen LogP contribution in [0.1, 0.15) is 43.5 Å². The van der Waals surface area contributed by atoms with Gasteiger partial charge in [0.15, 0.2) is 0 Å². The molecule has 2 aliphatic heterocycles. The SMILES string of the molecule is Cc1ncsc1CCN(C)C(=O)c1cc2c(s1)CCOC21CCNCC1.Cl. The Morgan fingerprint density at radius 1 is 1.41 bits per heavy atom. The van der Waals surface area contributed by atoms with Crippen LogP contribution in [0.2, 0.25) is 0 Å². The number of amides is 1. The molecule has 0 unspecified atom stereocenters. The first-order valence-corrected chi connectivity index (χ1v) is 10.9. The smallest absolute Gasteiger partial charge is 0.263 e. The lowest BCUT2D eigenvalue weighted by atomic mass is 9.83. The Hall–Kier alpha value is -0.990. The van der Waals surface area contributed by atoms with E-state index in [4.69, 9.17) is 4.74 Å². The Kier molecular flexibility index (Phi) is 6.58. The molecule has 0 aliphatic carbocycles. The van der Waals surface area contributed by atoms with Crippen LogP contribution in [0.15, 0.2) is 11.6 Å². The van der Waals surface area contributed by atoms with Crippen molar-refractivity contribution < 1.29 is 9.53 Å². The first kappa shape index (κ1) is 20.7. The van der Waals surface area contributed by atoms with E-state index in [1.165, 1.54) is 15.3 Å². The molecule has 0 atom stereocenters. The Bertz CT molecular complexity index is 799. The number of fused-ring (bicyclic) bond motifs is 2. The van der Waals surface area contributed by atoms with Crippen molar-refractivity contribution in [1.29, 1.82) is 0 Å². The van der Waals surface area contributed by atoms with Crippen molar-refractivity contribution >= 4 is 41.0 Å². The normalized spacial score (nSPS) is 18.0. The molecule has 2 aromatic rings. The monoisotopic (exact) mass is 427 g/mol. The molecule has 1 spiro atoms. The average molecular weight is 428 g/mol. The predicted octanol–water partition coefficient (Wildman–Crippen LogP) is 3.40. The minimum atomic E-state index is -0.174. The zero-order valence-corrected chi connectivity index (χ0v) is 18.2. The van der Waals surface area contributed by atoms with Crippen LogP contribution >= 0.6 is 35.1 Å². The summed E-state index contributed by atoms with van der Waals surface area (Å²) in [5, 5.41) is 3.41. The maximum atomic E-state index is 12.9. The topological polar surface area (TPSA) is 54.5 Å². The zero-order chi connectivity index (χ0) is 18.1. The van der Waals surface area contributed by atoms with Gasteiger partial charge in [-0.2, -0.15) is 0 Å². The van der Waals surface area contributed by atoms with Crippen LogP contribution in [0, 0.1) is 6.92 Å². The Morgan fingerprint density at radius 2 is 2.19 bits per heavy atom. The maximum Gasteiger partial charge on any atom is 0.263 e. The molecule has 0 bridgehead atoms. The predicted molar refractivity (Wildman–Crippen MR) is 113 cm³/mol. The Balaban J connectivity index is 0.00000210. The number of carbonyl (C=O) groups is 1. The Morgan fingerprint density at radius 3 is 2.89 bits per heavy atom. The van der Waals surface area contributed by atoms with E-state index >= 15 is 0 Å². The lowest BCUT2D eigenvalue weighted by Crippen LogP contribution is -2.44. The molecule has 1 N–H and O–H groups in total. The van der Waals surface area contributed by atoms with Gasteiger partial charge in [0.25, 0.3) is 5.91 Å². The van der Waals surface area contributed by atoms with Gasteiger partial charge in [-0.1, -0.05) is 0 Å². The van der Waals surface area contributed by atoms with Crippen molar-refractivity contribution in [2.45, 2.75) is 38.2 Å². The second-order valence-corrected chi connectivity index (χ2v) is 9.20. The highest BCUT2D eigenvalue weighted by molar-refractivity contribution is 7.14. The number of carbonyl (C=O) groups excluding carboxylic acids is 1. The van der Waals surface area contributed by atoms with E-state index in [-0.39, 0.29) is 23.9 Å². The summed E-state index contributed by atoms with van der Waals surface area (Å²) in [7, 11) is 1.90. The average Bonchev–Trinajstić information content (AvgIpc) is 3.27. The number of nitrogens with zero attached hydrogens (tertiary/aromatic N) is 2. The first-order valence-electron chi connectivity index (χ1n) is 9.21. The molecular formula is C19H26ClN3O2S2. The number of likely N-dealkylation sites (N-methyl/N-ethyl adjacent to an activating group) is 1. The van der Waals surface area contributed by atoms with Gasteiger partial charge in [0.05, 0.1) is 28.3 Å². The number of hydrogen-bond donors (Lipinski definition) is 1. The van der Waals surface area contributed by atoms with Gasteiger partial charge < -0.3 is 15.0 Å². The van der Waals surface area contributed by atoms with Gasteiger partial charge in [0.1, 0.15) is 0 Å². The summed E-state index contributed by atoms with van der Waals surface area (Å²) in [6.45, 7) is 5.47. The second-order valence-electron chi connectivity index (χ2n) is 7.13. The number of hydrogen-bond acceptors (Lipinski definition) is 6. The fourth-order valence-electron chi connectivity index (χ4n) is 3.89. The number of piperidine rings is 1. The molecule has 148 valence electrons. The number of ether oxygens (including phenoxy) is 1. The molecule has 4 rings (SSSR count). The van der Waals surface area contributed by atoms with Crippen LogP contribution in [0.4, 0.5) is 0 Å². The molecule has 1 fully saturated rings. The van der Waals surface area contributed by atoms with Crippen LogP contribution in [-0.4, -0.2) is 49.1 Å². The molecule has 2 aromatic heterocycles. The highest BCUT2D eigenvalue weighted by atomic mass is 35.5. The number of aromatic nitrogens is 1. The maximum absolute atomic E-state index is 12.9. The summed E-state index contributed by atoms with van der Waals surface area (Å²) >= 11 is 3.33. The summed E-state index contributed by atoms with van der Waals surface area (Å²) in [5.74, 6) is 0.121. The molecule has 4 heterocycles. The van der Waals surface area contributed by atoms with Crippen LogP contribution in [0.5, 0.6) is 0 Å². The fourth-order valence-corrected chi connectivity index (χ4v) is 5.89. The van der Waals surface area contributed by atoms with E-state index in [0.717, 1.165) is 62.5 Å². The zero-order valence-electron chi connectivity index (χ0n) is 15.7. The van der Waals surface area contributed by atoms with E-state index in [2.05, 4.69) is 16.4 Å². The highest BCUT2D eigenvalue weighted by Crippen LogP contribution is 2.43. The van der Waals surface area contributed by atoms with Crippen LogP contribution < -0.4 is 5.32 Å². The van der Waals surface area contributed by atoms with Gasteiger partial charge in [-0.3, -0.25) is 4.79 Å². The van der Waals surface area contributed by atoms with Crippen LogP contribution in [-0.2, 0) is 23.2 Å². The lowest BCUT2D eigenvalue weighted by molar-refractivity contribution is -0.0792. The summed E-state index contributed by atoms with van der Waals surface area (Å²) in [4.78, 5) is 22.5. The second kappa shape index (κ2) is 8.57. The lowest BCUT2D eigenvalue weighted by Gasteiger charge is -2.40. The minimum Gasteiger partial charge on any atom is -0.370 e. The molecule has 5 nitrogen and oxygen atoms in total. The quantitative estimate of drug-likeness (QED) is 0.812. The van der Waals surface area contributed by atoms with Crippen molar-refractivity contribution in [3.63, 3.8) is 0 Å². The molecular weight excluding hydrogens is 402 g/mol. The van der Waals surface area contributed by atoms with Crippen molar-refractivity contribution in [3.8, 4) is 0 Å². The van der Waals surface area contributed by atoms with E-state index in [1.54, 1.807) is 22.7 Å². The molecule has 1 amide bonds. The van der Waals surface area contributed by atoms with E-state index in [1.807, 2.05) is 24.4 Å². The fraction of sp³-hybridized carbons (Fsp3) is 0.579. The van der Waals surface area contributed by atoms with E-state index in [0.29, 0.717) is 0 Å². The molecule has 27 heavy (non-hydrogen) atoms. The van der Waals surface area contributed by atoms with Gasteiger partial charge in [0.2, 0.25) is 0 Å². The minimum absolute atomic E-state index is 0. The number of aryl methyl sites for hydroxylation is 1.